The van der Waals surface area contributed by atoms with Crippen molar-refractivity contribution in [2.24, 2.45) is 9.98 Å². The lowest BCUT2D eigenvalue weighted by Gasteiger charge is -2.24. The van der Waals surface area contributed by atoms with Crippen molar-refractivity contribution in [3.8, 4) is 11.4 Å². The van der Waals surface area contributed by atoms with Crippen LogP contribution in [0.25, 0.3) is 66.0 Å². The fourth-order valence-corrected chi connectivity index (χ4v) is 8.25. The van der Waals surface area contributed by atoms with Gasteiger partial charge in [0.15, 0.2) is 0 Å². The highest BCUT2D eigenvalue weighted by atomic mass is 15.3. The van der Waals surface area contributed by atoms with Crippen LogP contribution < -0.4 is 5.32 Å². The van der Waals surface area contributed by atoms with E-state index in [1.165, 1.54) is 5.39 Å². The molecule has 3 aromatic heterocycles. The number of fused-ring (bicyclic) bond motifs is 9. The SMILES string of the molecule is c1ccc(C2=NC(n3c4ccccc4c4ccc5c(c43)c3c(c4ccccc4n3-c3ccccc3)n5-c3ccccc3)=NC(c3ccccc3)N2)cc1. The number of benzene rings is 7. The molecule has 0 radical (unpaired) electrons. The second kappa shape index (κ2) is 11.7. The smallest absolute Gasteiger partial charge is 0.234 e. The summed E-state index contributed by atoms with van der Waals surface area (Å²) in [4.78, 5) is 10.8. The molecule has 53 heavy (non-hydrogen) atoms. The van der Waals surface area contributed by atoms with Gasteiger partial charge in [0.05, 0.1) is 33.1 Å². The van der Waals surface area contributed by atoms with Crippen LogP contribution in [-0.4, -0.2) is 25.5 Å². The van der Waals surface area contributed by atoms with Crippen LogP contribution in [0.5, 0.6) is 0 Å². The number of nitrogens with one attached hydrogen (secondary N) is 1. The Hall–Kier alpha value is -7.18. The highest BCUT2D eigenvalue weighted by Crippen LogP contribution is 2.45. The van der Waals surface area contributed by atoms with Crippen LogP contribution in [0.1, 0.15) is 17.3 Å². The Balaban J connectivity index is 1.35. The van der Waals surface area contributed by atoms with Crippen molar-refractivity contribution in [2.75, 3.05) is 0 Å². The van der Waals surface area contributed by atoms with Gasteiger partial charge < -0.3 is 14.5 Å². The Kier molecular flexibility index (Phi) is 6.51. The van der Waals surface area contributed by atoms with E-state index in [9.17, 15) is 0 Å². The second-order valence-electron chi connectivity index (χ2n) is 13.5. The van der Waals surface area contributed by atoms with Gasteiger partial charge in [0.1, 0.15) is 12.0 Å². The summed E-state index contributed by atoms with van der Waals surface area (Å²) in [7, 11) is 0. The molecular weight excluding hydrogens is 649 g/mol. The Morgan fingerprint density at radius 2 is 0.962 bits per heavy atom. The molecule has 1 unspecified atom stereocenters. The van der Waals surface area contributed by atoms with Crippen molar-refractivity contribution in [3.63, 3.8) is 0 Å². The maximum atomic E-state index is 5.41. The quantitative estimate of drug-likeness (QED) is 0.198. The van der Waals surface area contributed by atoms with Crippen molar-refractivity contribution in [3.05, 3.63) is 193 Å². The molecule has 0 amide bonds. The normalized spacial score (nSPS) is 14.6. The number of rotatable bonds is 4. The number of hydrogen-bond acceptors (Lipinski definition) is 3. The number of para-hydroxylation sites is 4. The van der Waals surface area contributed by atoms with Gasteiger partial charge in [-0.1, -0.05) is 140 Å². The zero-order chi connectivity index (χ0) is 34.9. The number of hydrogen-bond donors (Lipinski definition) is 1. The Labute approximate surface area is 305 Å². The first-order valence-corrected chi connectivity index (χ1v) is 18.0. The molecule has 0 fully saturated rings. The lowest BCUT2D eigenvalue weighted by Crippen LogP contribution is -2.35. The van der Waals surface area contributed by atoms with Gasteiger partial charge >= 0.3 is 0 Å². The lowest BCUT2D eigenvalue weighted by molar-refractivity contribution is 0.668. The van der Waals surface area contributed by atoms with Gasteiger partial charge in [-0.2, -0.15) is 4.99 Å². The van der Waals surface area contributed by atoms with E-state index in [1.54, 1.807) is 0 Å². The Morgan fingerprint density at radius 3 is 1.64 bits per heavy atom. The van der Waals surface area contributed by atoms with Crippen LogP contribution in [0.3, 0.4) is 0 Å². The van der Waals surface area contributed by atoms with E-state index in [-0.39, 0.29) is 6.17 Å². The molecular formula is C47H32N6. The van der Waals surface area contributed by atoms with Crippen LogP contribution in [0, 0.1) is 0 Å². The summed E-state index contributed by atoms with van der Waals surface area (Å²) >= 11 is 0. The molecule has 11 rings (SSSR count). The molecule has 0 bridgehead atoms. The van der Waals surface area contributed by atoms with Crippen molar-refractivity contribution in [2.45, 2.75) is 6.17 Å². The molecule has 1 aliphatic heterocycles. The highest BCUT2D eigenvalue weighted by Gasteiger charge is 2.29. The fraction of sp³-hybridized carbons (Fsp3) is 0.0213. The molecule has 0 spiro atoms. The number of aliphatic imine (C=N–C) groups is 2. The average molecular weight is 681 g/mol. The molecule has 10 aromatic rings. The van der Waals surface area contributed by atoms with E-state index in [0.717, 1.165) is 77.6 Å². The maximum absolute atomic E-state index is 5.41. The Bertz CT molecular complexity index is 3020. The van der Waals surface area contributed by atoms with Crippen molar-refractivity contribution in [1.29, 1.82) is 0 Å². The zero-order valence-electron chi connectivity index (χ0n) is 28.6. The summed E-state index contributed by atoms with van der Waals surface area (Å²) in [6, 6.07) is 64.2. The average Bonchev–Trinajstić information content (AvgIpc) is 3.87. The summed E-state index contributed by atoms with van der Waals surface area (Å²) in [6.07, 6.45) is -0.334. The van der Waals surface area contributed by atoms with Crippen molar-refractivity contribution < 1.29 is 0 Å². The van der Waals surface area contributed by atoms with Gasteiger partial charge in [-0.15, -0.1) is 0 Å². The molecule has 0 saturated carbocycles. The molecule has 7 aromatic carbocycles. The third kappa shape index (κ3) is 4.45. The predicted octanol–water partition coefficient (Wildman–Crippen LogP) is 10.8. The second-order valence-corrected chi connectivity index (χ2v) is 13.5. The minimum atomic E-state index is -0.334. The predicted molar refractivity (Wildman–Crippen MR) is 219 cm³/mol. The third-order valence-electron chi connectivity index (χ3n) is 10.5. The first-order chi connectivity index (χ1) is 26.3. The molecule has 0 saturated heterocycles. The van der Waals surface area contributed by atoms with Crippen molar-refractivity contribution in [1.82, 2.24) is 19.0 Å². The summed E-state index contributed by atoms with van der Waals surface area (Å²) in [6.45, 7) is 0. The van der Waals surface area contributed by atoms with Gasteiger partial charge in [-0.25, -0.2) is 4.99 Å². The minimum Gasteiger partial charge on any atom is -0.344 e. The van der Waals surface area contributed by atoms with Gasteiger partial charge in [0, 0.05) is 38.5 Å². The van der Waals surface area contributed by atoms with Crippen molar-refractivity contribution >= 4 is 66.4 Å². The topological polar surface area (TPSA) is 51.5 Å². The summed E-state index contributed by atoms with van der Waals surface area (Å²) in [5.41, 5.74) is 11.0. The summed E-state index contributed by atoms with van der Waals surface area (Å²) in [5.74, 6) is 1.42. The molecule has 1 N–H and O–H groups in total. The van der Waals surface area contributed by atoms with Crippen LogP contribution in [0.2, 0.25) is 0 Å². The summed E-state index contributed by atoms with van der Waals surface area (Å²) < 4.78 is 7.17. The van der Waals surface area contributed by atoms with E-state index in [2.05, 4.69) is 189 Å². The van der Waals surface area contributed by atoms with E-state index < -0.39 is 0 Å². The Morgan fingerprint density at radius 1 is 0.415 bits per heavy atom. The van der Waals surface area contributed by atoms with E-state index in [0.29, 0.717) is 5.96 Å². The molecule has 0 aliphatic carbocycles. The number of nitrogens with zero attached hydrogens (tertiary/aromatic N) is 5. The lowest BCUT2D eigenvalue weighted by atomic mass is 10.1. The zero-order valence-corrected chi connectivity index (χ0v) is 28.6. The summed E-state index contributed by atoms with van der Waals surface area (Å²) in [5, 5.41) is 8.30. The molecule has 6 heteroatoms. The van der Waals surface area contributed by atoms with E-state index in [1.807, 2.05) is 12.1 Å². The monoisotopic (exact) mass is 680 g/mol. The van der Waals surface area contributed by atoms with Gasteiger partial charge in [0.25, 0.3) is 0 Å². The standard InChI is InChI=1S/C47H32N6/c1-5-17-31(18-6-1)45-48-46(32-19-7-2-8-20-32)50-47(49-45)53-38-27-15-13-25-35(38)36-29-30-40-41(42(36)53)44-43(52(40)34-23-11-4-12-24-34)37-26-14-16-28-39(37)51(44)33-21-9-3-10-22-33/h1-30,45H,(H,48,49,50). The minimum absolute atomic E-state index is 0.334. The van der Waals surface area contributed by atoms with Crippen LogP contribution >= 0.6 is 0 Å². The molecule has 4 heterocycles. The van der Waals surface area contributed by atoms with E-state index in [4.69, 9.17) is 9.98 Å². The third-order valence-corrected chi connectivity index (χ3v) is 10.5. The molecule has 1 atom stereocenters. The van der Waals surface area contributed by atoms with Gasteiger partial charge in [-0.05, 0) is 48.0 Å². The van der Waals surface area contributed by atoms with E-state index >= 15 is 0 Å². The molecule has 1 aliphatic rings. The number of amidine groups is 1. The first-order valence-electron chi connectivity index (χ1n) is 18.0. The fourth-order valence-electron chi connectivity index (χ4n) is 8.25. The van der Waals surface area contributed by atoms with Gasteiger partial charge in [0.2, 0.25) is 5.96 Å². The van der Waals surface area contributed by atoms with Crippen LogP contribution in [0.15, 0.2) is 192 Å². The van der Waals surface area contributed by atoms with Crippen LogP contribution in [-0.2, 0) is 0 Å². The number of aromatic nitrogens is 3. The first kappa shape index (κ1) is 29.5. The molecule has 250 valence electrons. The van der Waals surface area contributed by atoms with Crippen LogP contribution in [0.4, 0.5) is 0 Å². The highest BCUT2D eigenvalue weighted by molar-refractivity contribution is 6.31. The van der Waals surface area contributed by atoms with Gasteiger partial charge in [-0.3, -0.25) is 4.57 Å². The maximum Gasteiger partial charge on any atom is 0.234 e. The molecule has 6 nitrogen and oxygen atoms in total. The largest absolute Gasteiger partial charge is 0.344 e.